The van der Waals surface area contributed by atoms with Crippen LogP contribution in [0.5, 0.6) is 0 Å². The molecule has 0 heterocycles. The average molecular weight is 354 g/mol. The van der Waals surface area contributed by atoms with Gasteiger partial charge in [0.2, 0.25) is 0 Å². The Labute approximate surface area is 123 Å². The van der Waals surface area contributed by atoms with Gasteiger partial charge in [0.1, 0.15) is 6.04 Å². The number of hydrogen-bond acceptors (Lipinski definition) is 2. The molecule has 7 heteroatoms. The standard InChI is InChI=1S/C13H15BrF3NO2/c1-7(2)11(12(19)20)18-6-8-5-9(13(15,16)17)3-4-10(8)14/h3-5,7,11,18H,6H2,1-2H3,(H,19,20)/t11-/m0/s1. The van der Waals surface area contributed by atoms with Gasteiger partial charge < -0.3 is 10.4 Å². The van der Waals surface area contributed by atoms with Crippen molar-refractivity contribution in [1.29, 1.82) is 0 Å². The Hall–Kier alpha value is -1.08. The fraction of sp³-hybridized carbons (Fsp3) is 0.462. The maximum atomic E-state index is 12.6. The number of hydrogen-bond donors (Lipinski definition) is 2. The molecule has 1 aromatic carbocycles. The molecule has 0 amide bonds. The van der Waals surface area contributed by atoms with Crippen LogP contribution in [0.2, 0.25) is 0 Å². The van der Waals surface area contributed by atoms with Crippen molar-refractivity contribution in [3.05, 3.63) is 33.8 Å². The quantitative estimate of drug-likeness (QED) is 0.849. The minimum absolute atomic E-state index is 0.0413. The predicted molar refractivity (Wildman–Crippen MR) is 72.2 cm³/mol. The van der Waals surface area contributed by atoms with Gasteiger partial charge in [-0.05, 0) is 29.7 Å². The largest absolute Gasteiger partial charge is 0.480 e. The second-order valence-electron chi connectivity index (χ2n) is 4.74. The zero-order valence-corrected chi connectivity index (χ0v) is 12.5. The molecule has 1 aromatic rings. The van der Waals surface area contributed by atoms with E-state index in [4.69, 9.17) is 5.11 Å². The molecule has 0 radical (unpaired) electrons. The summed E-state index contributed by atoms with van der Waals surface area (Å²) in [5.41, 5.74) is -0.388. The molecule has 0 aliphatic carbocycles. The van der Waals surface area contributed by atoms with Crippen molar-refractivity contribution in [3.63, 3.8) is 0 Å². The van der Waals surface area contributed by atoms with Crippen LogP contribution < -0.4 is 5.32 Å². The van der Waals surface area contributed by atoms with E-state index in [2.05, 4.69) is 21.2 Å². The molecule has 0 bridgehead atoms. The lowest BCUT2D eigenvalue weighted by Crippen LogP contribution is -2.40. The highest BCUT2D eigenvalue weighted by Crippen LogP contribution is 2.31. The summed E-state index contributed by atoms with van der Waals surface area (Å²) in [6.45, 7) is 3.50. The third-order valence-electron chi connectivity index (χ3n) is 2.82. The molecule has 1 rings (SSSR count). The summed E-state index contributed by atoms with van der Waals surface area (Å²) in [5.74, 6) is -1.19. The SMILES string of the molecule is CC(C)[C@H](NCc1cc(C(F)(F)F)ccc1Br)C(=O)O. The second-order valence-corrected chi connectivity index (χ2v) is 5.60. The van der Waals surface area contributed by atoms with Gasteiger partial charge in [-0.3, -0.25) is 4.79 Å². The van der Waals surface area contributed by atoms with Crippen LogP contribution >= 0.6 is 15.9 Å². The summed E-state index contributed by atoms with van der Waals surface area (Å²) < 4.78 is 38.4. The Kier molecular flexibility index (Phi) is 5.59. The van der Waals surface area contributed by atoms with Crippen LogP contribution in [0.3, 0.4) is 0 Å². The van der Waals surface area contributed by atoms with E-state index in [0.29, 0.717) is 10.0 Å². The number of carbonyl (C=O) groups is 1. The number of nitrogens with one attached hydrogen (secondary N) is 1. The molecule has 3 nitrogen and oxygen atoms in total. The minimum Gasteiger partial charge on any atom is -0.480 e. The molecule has 0 spiro atoms. The van der Waals surface area contributed by atoms with Gasteiger partial charge in [-0.2, -0.15) is 13.2 Å². The minimum atomic E-state index is -4.42. The van der Waals surface area contributed by atoms with Crippen LogP contribution in [-0.2, 0) is 17.5 Å². The van der Waals surface area contributed by atoms with Gasteiger partial charge >= 0.3 is 12.1 Å². The molecule has 0 saturated carbocycles. The van der Waals surface area contributed by atoms with Crippen LogP contribution in [0.25, 0.3) is 0 Å². The molecule has 0 aliphatic rings. The van der Waals surface area contributed by atoms with Gasteiger partial charge in [0.15, 0.2) is 0 Å². The highest BCUT2D eigenvalue weighted by atomic mass is 79.9. The van der Waals surface area contributed by atoms with Gasteiger partial charge in [0, 0.05) is 11.0 Å². The topological polar surface area (TPSA) is 49.3 Å². The van der Waals surface area contributed by atoms with E-state index < -0.39 is 23.8 Å². The zero-order valence-electron chi connectivity index (χ0n) is 11.0. The van der Waals surface area contributed by atoms with Crippen molar-refractivity contribution in [1.82, 2.24) is 5.32 Å². The first-order valence-electron chi connectivity index (χ1n) is 5.94. The number of alkyl halides is 3. The van der Waals surface area contributed by atoms with E-state index >= 15 is 0 Å². The van der Waals surface area contributed by atoms with Crippen LogP contribution in [0, 0.1) is 5.92 Å². The Morgan fingerprint density at radius 2 is 2.00 bits per heavy atom. The van der Waals surface area contributed by atoms with E-state index in [0.717, 1.165) is 12.1 Å². The van der Waals surface area contributed by atoms with E-state index in [9.17, 15) is 18.0 Å². The normalized spacial score (nSPS) is 13.6. The number of halogens is 4. The molecule has 0 fully saturated rings. The Bertz CT molecular complexity index is 489. The van der Waals surface area contributed by atoms with Crippen molar-refractivity contribution >= 4 is 21.9 Å². The lowest BCUT2D eigenvalue weighted by molar-refractivity contribution is -0.141. The average Bonchev–Trinajstić information content (AvgIpc) is 2.29. The maximum absolute atomic E-state index is 12.6. The van der Waals surface area contributed by atoms with E-state index in [1.807, 2.05) is 0 Å². The molecular weight excluding hydrogens is 339 g/mol. The van der Waals surface area contributed by atoms with Crippen molar-refractivity contribution in [2.24, 2.45) is 5.92 Å². The zero-order chi connectivity index (χ0) is 15.5. The van der Waals surface area contributed by atoms with Gasteiger partial charge in [-0.15, -0.1) is 0 Å². The number of carboxylic acids is 1. The number of rotatable bonds is 5. The molecule has 0 unspecified atom stereocenters. The van der Waals surface area contributed by atoms with Crippen molar-refractivity contribution in [2.75, 3.05) is 0 Å². The molecule has 20 heavy (non-hydrogen) atoms. The number of carboxylic acid groups (broad SMARTS) is 1. The third kappa shape index (κ3) is 4.49. The molecule has 0 aliphatic heterocycles. The lowest BCUT2D eigenvalue weighted by atomic mass is 10.0. The van der Waals surface area contributed by atoms with Crippen molar-refractivity contribution in [2.45, 2.75) is 32.6 Å². The second kappa shape index (κ2) is 6.58. The highest BCUT2D eigenvalue weighted by molar-refractivity contribution is 9.10. The van der Waals surface area contributed by atoms with Gasteiger partial charge in [0.05, 0.1) is 5.56 Å². The van der Waals surface area contributed by atoms with Crippen molar-refractivity contribution in [3.8, 4) is 0 Å². The molecule has 2 N–H and O–H groups in total. The van der Waals surface area contributed by atoms with Crippen LogP contribution in [0.1, 0.15) is 25.0 Å². The van der Waals surface area contributed by atoms with Gasteiger partial charge in [0.25, 0.3) is 0 Å². The summed E-state index contributed by atoms with van der Waals surface area (Å²) >= 11 is 3.17. The highest BCUT2D eigenvalue weighted by Gasteiger charge is 2.31. The summed E-state index contributed by atoms with van der Waals surface area (Å²) in [6.07, 6.45) is -4.42. The molecule has 112 valence electrons. The number of benzene rings is 1. The maximum Gasteiger partial charge on any atom is 0.416 e. The molecular formula is C13H15BrF3NO2. The Morgan fingerprint density at radius 1 is 1.40 bits per heavy atom. The first-order chi connectivity index (χ1) is 9.12. The summed E-state index contributed by atoms with van der Waals surface area (Å²) in [7, 11) is 0. The van der Waals surface area contributed by atoms with Crippen LogP contribution in [-0.4, -0.2) is 17.1 Å². The van der Waals surface area contributed by atoms with Gasteiger partial charge in [-0.1, -0.05) is 29.8 Å². The lowest BCUT2D eigenvalue weighted by Gasteiger charge is -2.19. The molecule has 0 aromatic heterocycles. The van der Waals surface area contributed by atoms with E-state index in [-0.39, 0.29) is 12.5 Å². The Balaban J connectivity index is 2.89. The first kappa shape index (κ1) is 17.0. The van der Waals surface area contributed by atoms with Crippen LogP contribution in [0.15, 0.2) is 22.7 Å². The summed E-state index contributed by atoms with van der Waals surface area (Å²) in [4.78, 5) is 11.0. The first-order valence-corrected chi connectivity index (χ1v) is 6.74. The third-order valence-corrected chi connectivity index (χ3v) is 3.59. The van der Waals surface area contributed by atoms with E-state index in [1.54, 1.807) is 13.8 Å². The monoisotopic (exact) mass is 353 g/mol. The van der Waals surface area contributed by atoms with Crippen LogP contribution in [0.4, 0.5) is 13.2 Å². The van der Waals surface area contributed by atoms with E-state index in [1.165, 1.54) is 6.07 Å². The fourth-order valence-corrected chi connectivity index (χ4v) is 2.10. The summed E-state index contributed by atoms with van der Waals surface area (Å²) in [6, 6.07) is 2.49. The predicted octanol–water partition coefficient (Wildman–Crippen LogP) is 3.67. The fourth-order valence-electron chi connectivity index (χ4n) is 1.71. The summed E-state index contributed by atoms with van der Waals surface area (Å²) in [5, 5.41) is 11.8. The van der Waals surface area contributed by atoms with Crippen molar-refractivity contribution < 1.29 is 23.1 Å². The van der Waals surface area contributed by atoms with Gasteiger partial charge in [-0.25, -0.2) is 0 Å². The molecule has 1 atom stereocenters. The number of aliphatic carboxylic acids is 1. The smallest absolute Gasteiger partial charge is 0.416 e. The Morgan fingerprint density at radius 3 is 2.45 bits per heavy atom. The molecule has 0 saturated heterocycles.